The van der Waals surface area contributed by atoms with E-state index in [1.807, 2.05) is 24.3 Å². The van der Waals surface area contributed by atoms with Gasteiger partial charge in [0.25, 0.3) is 16.6 Å². The van der Waals surface area contributed by atoms with Gasteiger partial charge in [-0.3, -0.25) is 0 Å². The SMILES string of the molecule is CC(C)(C)[Si](OCC/C(Cl)=N/O)(c1ccccc1)c1ccccc1.CC(C)(C)[Si](OCC/C=N/O)(c1ccccc1)c1ccccc1. The maximum atomic E-state index is 8.77. The Morgan fingerprint density at radius 2 is 0.915 bits per heavy atom. The van der Waals surface area contributed by atoms with E-state index in [2.05, 4.69) is 149 Å². The van der Waals surface area contributed by atoms with Crippen LogP contribution in [0.4, 0.5) is 0 Å². The molecule has 0 radical (unpaired) electrons. The summed E-state index contributed by atoms with van der Waals surface area (Å²) in [4.78, 5) is 0. The molecule has 0 saturated carbocycles. The van der Waals surface area contributed by atoms with Gasteiger partial charge in [0.15, 0.2) is 0 Å². The van der Waals surface area contributed by atoms with Crippen molar-refractivity contribution in [2.75, 3.05) is 13.2 Å². The third-order valence-corrected chi connectivity index (χ3v) is 18.6. The van der Waals surface area contributed by atoms with Gasteiger partial charge in [0.2, 0.25) is 0 Å². The molecular formula is C38H49ClN2O4Si2. The van der Waals surface area contributed by atoms with Crippen molar-refractivity contribution in [1.82, 2.24) is 0 Å². The molecule has 4 aromatic carbocycles. The Kier molecular flexibility index (Phi) is 14.2. The zero-order chi connectivity index (χ0) is 34.4. The molecule has 2 N–H and O–H groups in total. The molecule has 9 heteroatoms. The Bertz CT molecular complexity index is 1450. The van der Waals surface area contributed by atoms with Gasteiger partial charge < -0.3 is 19.3 Å². The molecule has 0 fully saturated rings. The first-order valence-corrected chi connectivity index (χ1v) is 20.2. The maximum absolute atomic E-state index is 8.77. The van der Waals surface area contributed by atoms with E-state index in [1.165, 1.54) is 27.0 Å². The van der Waals surface area contributed by atoms with Crippen molar-refractivity contribution in [3.8, 4) is 0 Å². The number of rotatable bonds is 12. The van der Waals surface area contributed by atoms with Gasteiger partial charge in [0, 0.05) is 32.3 Å². The minimum absolute atomic E-state index is 0.0218. The van der Waals surface area contributed by atoms with Crippen molar-refractivity contribution in [3.63, 3.8) is 0 Å². The third kappa shape index (κ3) is 9.30. The van der Waals surface area contributed by atoms with Crippen LogP contribution in [0.15, 0.2) is 132 Å². The normalized spacial score (nSPS) is 12.9. The monoisotopic (exact) mass is 688 g/mol. The highest BCUT2D eigenvalue weighted by atomic mass is 35.5. The number of benzene rings is 4. The summed E-state index contributed by atoms with van der Waals surface area (Å²) in [5, 5.41) is 28.5. The average molecular weight is 689 g/mol. The van der Waals surface area contributed by atoms with E-state index in [0.29, 0.717) is 26.1 Å². The quantitative estimate of drug-likeness (QED) is 0.0535. The number of nitrogens with zero attached hydrogens (tertiary/aromatic N) is 2. The highest BCUT2D eigenvalue weighted by Crippen LogP contribution is 2.37. The Morgan fingerprint density at radius 1 is 0.596 bits per heavy atom. The number of hydrogen-bond acceptors (Lipinski definition) is 6. The average Bonchev–Trinajstić information content (AvgIpc) is 3.07. The Morgan fingerprint density at radius 3 is 1.19 bits per heavy atom. The van der Waals surface area contributed by atoms with Crippen molar-refractivity contribution >= 4 is 60.4 Å². The molecule has 0 atom stereocenters. The lowest BCUT2D eigenvalue weighted by atomic mass is 10.2. The molecule has 4 aromatic rings. The summed E-state index contributed by atoms with van der Waals surface area (Å²) in [5.41, 5.74) is 0. The van der Waals surface area contributed by atoms with Crippen LogP contribution < -0.4 is 20.7 Å². The van der Waals surface area contributed by atoms with E-state index < -0.39 is 16.6 Å². The molecule has 0 saturated heterocycles. The first-order chi connectivity index (χ1) is 22.4. The van der Waals surface area contributed by atoms with Crippen LogP contribution in [-0.2, 0) is 8.85 Å². The minimum Gasteiger partial charge on any atom is -0.411 e. The van der Waals surface area contributed by atoms with Gasteiger partial charge in [-0.1, -0.05) is 180 Å². The molecule has 0 bridgehead atoms. The summed E-state index contributed by atoms with van der Waals surface area (Å²) in [5.74, 6) is 0. The second-order valence-corrected chi connectivity index (χ2v) is 22.4. The molecule has 4 rings (SSSR count). The van der Waals surface area contributed by atoms with Gasteiger partial charge in [-0.15, -0.1) is 5.16 Å². The number of hydrogen-bond donors (Lipinski definition) is 2. The van der Waals surface area contributed by atoms with Crippen LogP contribution in [0.5, 0.6) is 0 Å². The van der Waals surface area contributed by atoms with Gasteiger partial charge in [-0.2, -0.15) is 0 Å². The first kappa shape index (κ1) is 37.9. The summed E-state index contributed by atoms with van der Waals surface area (Å²) in [6.45, 7) is 14.4. The van der Waals surface area contributed by atoms with Crippen LogP contribution in [0.2, 0.25) is 10.1 Å². The fourth-order valence-corrected chi connectivity index (χ4v) is 15.4. The Hall–Kier alpha value is -3.54. The molecule has 250 valence electrons. The molecule has 0 unspecified atom stereocenters. The summed E-state index contributed by atoms with van der Waals surface area (Å²) >= 11 is 5.84. The van der Waals surface area contributed by atoms with Gasteiger partial charge in [-0.05, 0) is 30.8 Å². The minimum atomic E-state index is -2.52. The second kappa shape index (κ2) is 17.6. The molecule has 0 aromatic heterocycles. The van der Waals surface area contributed by atoms with E-state index in [4.69, 9.17) is 30.9 Å². The largest absolute Gasteiger partial charge is 0.411 e. The van der Waals surface area contributed by atoms with E-state index in [9.17, 15) is 0 Å². The summed E-state index contributed by atoms with van der Waals surface area (Å²) in [6.07, 6.45) is 2.47. The lowest BCUT2D eigenvalue weighted by Gasteiger charge is -2.43. The molecule has 0 aliphatic heterocycles. The van der Waals surface area contributed by atoms with Gasteiger partial charge in [-0.25, -0.2) is 0 Å². The second-order valence-electron chi connectivity index (χ2n) is 13.3. The lowest BCUT2D eigenvalue weighted by Crippen LogP contribution is -2.66. The van der Waals surface area contributed by atoms with Crippen molar-refractivity contribution in [2.24, 2.45) is 10.3 Å². The van der Waals surface area contributed by atoms with E-state index >= 15 is 0 Å². The van der Waals surface area contributed by atoms with Crippen LogP contribution >= 0.6 is 11.6 Å². The zero-order valence-electron chi connectivity index (χ0n) is 28.4. The first-order valence-electron chi connectivity index (χ1n) is 16.0. The van der Waals surface area contributed by atoms with E-state index in [1.54, 1.807) is 0 Å². The van der Waals surface area contributed by atoms with Gasteiger partial charge in [0.1, 0.15) is 5.17 Å². The fourth-order valence-electron chi connectivity index (χ4n) is 6.18. The highest BCUT2D eigenvalue weighted by molar-refractivity contribution is 7.00. The van der Waals surface area contributed by atoms with Crippen molar-refractivity contribution in [3.05, 3.63) is 121 Å². The van der Waals surface area contributed by atoms with Crippen LogP contribution in [0.1, 0.15) is 54.4 Å². The Labute approximate surface area is 288 Å². The maximum Gasteiger partial charge on any atom is 0.261 e. The third-order valence-electron chi connectivity index (χ3n) is 8.22. The van der Waals surface area contributed by atoms with Gasteiger partial charge >= 0.3 is 0 Å². The summed E-state index contributed by atoms with van der Waals surface area (Å²) in [6, 6.07) is 41.9. The number of halogens is 1. The molecule has 0 amide bonds. The highest BCUT2D eigenvalue weighted by Gasteiger charge is 2.51. The molecule has 0 aliphatic carbocycles. The standard InChI is InChI=1S/C19H24ClNO2Si.C19H25NO2Si/c1-19(2,3)24(16-10-6-4-7-11-16,17-12-8-5-9-13-17)23-15-14-18(20)21-22;1-19(2,3)23(22-16-10-15-20-21,17-11-6-4-7-12-17)18-13-8-5-9-14-18/h4-13,22H,14-15H2,1-3H3;4-9,11-15,21H,10,16H2,1-3H3/b21-18-;20-15+. The Balaban J connectivity index is 0.000000256. The molecule has 47 heavy (non-hydrogen) atoms. The predicted octanol–water partition coefficient (Wildman–Crippen LogP) is 7.39. The molecule has 0 heterocycles. The topological polar surface area (TPSA) is 83.6 Å². The summed E-state index contributed by atoms with van der Waals surface area (Å²) in [7, 11) is -4.97. The van der Waals surface area contributed by atoms with Crippen LogP contribution in [-0.4, -0.2) is 51.6 Å². The number of oxime groups is 2. The van der Waals surface area contributed by atoms with Crippen molar-refractivity contribution in [2.45, 2.75) is 64.5 Å². The fraction of sp³-hybridized carbons (Fsp3) is 0.316. The zero-order valence-corrected chi connectivity index (χ0v) is 31.2. The van der Waals surface area contributed by atoms with Crippen molar-refractivity contribution in [1.29, 1.82) is 0 Å². The molecule has 0 spiro atoms. The predicted molar refractivity (Wildman–Crippen MR) is 202 cm³/mol. The molecule has 6 nitrogen and oxygen atoms in total. The van der Waals surface area contributed by atoms with E-state index in [-0.39, 0.29) is 15.2 Å². The summed E-state index contributed by atoms with van der Waals surface area (Å²) < 4.78 is 13.2. The molecule has 0 aliphatic rings. The van der Waals surface area contributed by atoms with Crippen LogP contribution in [0, 0.1) is 0 Å². The van der Waals surface area contributed by atoms with Gasteiger partial charge in [0.05, 0.1) is 0 Å². The van der Waals surface area contributed by atoms with Crippen molar-refractivity contribution < 1.29 is 19.3 Å². The lowest BCUT2D eigenvalue weighted by molar-refractivity contribution is 0.299. The van der Waals surface area contributed by atoms with Crippen LogP contribution in [0.3, 0.4) is 0 Å². The van der Waals surface area contributed by atoms with Crippen LogP contribution in [0.25, 0.3) is 0 Å². The van der Waals surface area contributed by atoms with E-state index in [0.717, 1.165) is 0 Å². The smallest absolute Gasteiger partial charge is 0.261 e. The molecular weight excluding hydrogens is 640 g/mol.